The summed E-state index contributed by atoms with van der Waals surface area (Å²) < 4.78 is 5.30. The Morgan fingerprint density at radius 2 is 2.00 bits per heavy atom. The van der Waals surface area contributed by atoms with Crippen molar-refractivity contribution in [3.8, 4) is 0 Å². The van der Waals surface area contributed by atoms with Gasteiger partial charge in [-0.2, -0.15) is 0 Å². The molecule has 1 aliphatic heterocycles. The highest BCUT2D eigenvalue weighted by Gasteiger charge is 2.12. The minimum absolute atomic E-state index is 0.855. The van der Waals surface area contributed by atoms with Crippen LogP contribution >= 0.6 is 0 Å². The first kappa shape index (κ1) is 10.0. The first-order chi connectivity index (χ1) is 5.83. The lowest BCUT2D eigenvalue weighted by molar-refractivity contribution is 0.0312. The molecule has 1 fully saturated rings. The van der Waals surface area contributed by atoms with Gasteiger partial charge in [0.25, 0.3) is 0 Å². The van der Waals surface area contributed by atoms with Crippen LogP contribution in [0.15, 0.2) is 0 Å². The molecular formula is C10H21NO. The molecular weight excluding hydrogens is 150 g/mol. The minimum atomic E-state index is 0.855. The Kier molecular flexibility index (Phi) is 4.62. The van der Waals surface area contributed by atoms with Gasteiger partial charge in [0.15, 0.2) is 0 Å². The Bertz CT molecular complexity index is 110. The van der Waals surface area contributed by atoms with Gasteiger partial charge in [-0.25, -0.2) is 0 Å². The third-order valence-electron chi connectivity index (χ3n) is 2.46. The summed E-state index contributed by atoms with van der Waals surface area (Å²) in [5.74, 6) is 0.855. The van der Waals surface area contributed by atoms with Crippen molar-refractivity contribution in [2.75, 3.05) is 32.8 Å². The topological polar surface area (TPSA) is 12.5 Å². The minimum Gasteiger partial charge on any atom is -0.379 e. The molecule has 0 aliphatic carbocycles. The molecule has 1 aliphatic rings. The molecule has 72 valence electrons. The van der Waals surface area contributed by atoms with E-state index in [1.165, 1.54) is 19.4 Å². The van der Waals surface area contributed by atoms with Crippen LogP contribution in [0, 0.1) is 5.92 Å². The van der Waals surface area contributed by atoms with Crippen molar-refractivity contribution in [3.05, 3.63) is 0 Å². The SMILES string of the molecule is CCCC(C)CN1CCOCC1. The van der Waals surface area contributed by atoms with Crippen molar-refractivity contribution >= 4 is 0 Å². The summed E-state index contributed by atoms with van der Waals surface area (Å²) in [6, 6.07) is 0. The molecule has 1 unspecified atom stereocenters. The van der Waals surface area contributed by atoms with Crippen LogP contribution in [-0.4, -0.2) is 37.7 Å². The van der Waals surface area contributed by atoms with Crippen molar-refractivity contribution in [3.63, 3.8) is 0 Å². The van der Waals surface area contributed by atoms with E-state index in [-0.39, 0.29) is 0 Å². The van der Waals surface area contributed by atoms with Gasteiger partial charge in [-0.3, -0.25) is 4.90 Å². The predicted molar refractivity (Wildman–Crippen MR) is 51.3 cm³/mol. The molecule has 0 aromatic rings. The van der Waals surface area contributed by atoms with Gasteiger partial charge in [0.1, 0.15) is 0 Å². The van der Waals surface area contributed by atoms with Crippen LogP contribution in [-0.2, 0) is 4.74 Å². The van der Waals surface area contributed by atoms with Gasteiger partial charge in [0.2, 0.25) is 0 Å². The number of morpholine rings is 1. The Morgan fingerprint density at radius 1 is 1.33 bits per heavy atom. The molecule has 0 spiro atoms. The molecule has 0 N–H and O–H groups in total. The van der Waals surface area contributed by atoms with Crippen LogP contribution in [0.1, 0.15) is 26.7 Å². The van der Waals surface area contributed by atoms with E-state index < -0.39 is 0 Å². The quantitative estimate of drug-likeness (QED) is 0.639. The maximum absolute atomic E-state index is 5.30. The summed E-state index contributed by atoms with van der Waals surface area (Å²) in [4.78, 5) is 2.52. The van der Waals surface area contributed by atoms with Gasteiger partial charge in [-0.05, 0) is 12.3 Å². The van der Waals surface area contributed by atoms with Gasteiger partial charge < -0.3 is 4.74 Å². The summed E-state index contributed by atoms with van der Waals surface area (Å²) in [5, 5.41) is 0. The van der Waals surface area contributed by atoms with E-state index in [9.17, 15) is 0 Å². The van der Waals surface area contributed by atoms with E-state index in [0.717, 1.165) is 32.2 Å². The number of hydrogen-bond acceptors (Lipinski definition) is 2. The van der Waals surface area contributed by atoms with E-state index in [4.69, 9.17) is 4.74 Å². The van der Waals surface area contributed by atoms with Gasteiger partial charge >= 0.3 is 0 Å². The van der Waals surface area contributed by atoms with Gasteiger partial charge in [0, 0.05) is 19.6 Å². The summed E-state index contributed by atoms with van der Waals surface area (Å²) >= 11 is 0. The third-order valence-corrected chi connectivity index (χ3v) is 2.46. The van der Waals surface area contributed by atoms with E-state index in [0.29, 0.717) is 0 Å². The van der Waals surface area contributed by atoms with Gasteiger partial charge in [0.05, 0.1) is 13.2 Å². The number of ether oxygens (including phenoxy) is 1. The monoisotopic (exact) mass is 171 g/mol. The van der Waals surface area contributed by atoms with E-state index in [2.05, 4.69) is 18.7 Å². The summed E-state index contributed by atoms with van der Waals surface area (Å²) in [7, 11) is 0. The standard InChI is InChI=1S/C10H21NO/c1-3-4-10(2)9-11-5-7-12-8-6-11/h10H,3-9H2,1-2H3. The average molecular weight is 171 g/mol. The zero-order valence-electron chi connectivity index (χ0n) is 8.38. The fraction of sp³-hybridized carbons (Fsp3) is 1.00. The zero-order chi connectivity index (χ0) is 8.81. The molecule has 0 bridgehead atoms. The van der Waals surface area contributed by atoms with Crippen LogP contribution in [0.2, 0.25) is 0 Å². The largest absolute Gasteiger partial charge is 0.379 e. The molecule has 0 saturated carbocycles. The van der Waals surface area contributed by atoms with Crippen LogP contribution in [0.4, 0.5) is 0 Å². The fourth-order valence-corrected chi connectivity index (χ4v) is 1.81. The molecule has 2 heteroatoms. The van der Waals surface area contributed by atoms with E-state index in [1.807, 2.05) is 0 Å². The zero-order valence-corrected chi connectivity index (χ0v) is 8.38. The van der Waals surface area contributed by atoms with Crippen molar-refractivity contribution in [2.45, 2.75) is 26.7 Å². The number of nitrogens with zero attached hydrogens (tertiary/aromatic N) is 1. The number of hydrogen-bond donors (Lipinski definition) is 0. The van der Waals surface area contributed by atoms with Crippen LogP contribution < -0.4 is 0 Å². The molecule has 0 radical (unpaired) electrons. The van der Waals surface area contributed by atoms with Crippen molar-refractivity contribution in [1.29, 1.82) is 0 Å². The summed E-state index contributed by atoms with van der Waals surface area (Å²) in [5.41, 5.74) is 0. The lowest BCUT2D eigenvalue weighted by atomic mass is 10.1. The smallest absolute Gasteiger partial charge is 0.0594 e. The Labute approximate surface area is 75.9 Å². The molecule has 1 atom stereocenters. The van der Waals surface area contributed by atoms with Crippen molar-refractivity contribution < 1.29 is 4.74 Å². The number of rotatable bonds is 4. The maximum Gasteiger partial charge on any atom is 0.0594 e. The first-order valence-corrected chi connectivity index (χ1v) is 5.13. The van der Waals surface area contributed by atoms with Crippen molar-refractivity contribution in [2.24, 2.45) is 5.92 Å². The summed E-state index contributed by atoms with van der Waals surface area (Å²) in [6.45, 7) is 9.99. The van der Waals surface area contributed by atoms with Gasteiger partial charge in [-0.15, -0.1) is 0 Å². The van der Waals surface area contributed by atoms with E-state index >= 15 is 0 Å². The first-order valence-electron chi connectivity index (χ1n) is 5.13. The molecule has 1 saturated heterocycles. The molecule has 0 aromatic heterocycles. The second-order valence-corrected chi connectivity index (χ2v) is 3.81. The lowest BCUT2D eigenvalue weighted by Crippen LogP contribution is -2.38. The normalized spacial score (nSPS) is 22.5. The molecule has 0 amide bonds. The molecule has 2 nitrogen and oxygen atoms in total. The van der Waals surface area contributed by atoms with E-state index in [1.54, 1.807) is 0 Å². The Balaban J connectivity index is 2.11. The Morgan fingerprint density at radius 3 is 2.58 bits per heavy atom. The van der Waals surface area contributed by atoms with Crippen LogP contribution in [0.3, 0.4) is 0 Å². The lowest BCUT2D eigenvalue weighted by Gasteiger charge is -2.28. The second kappa shape index (κ2) is 5.55. The Hall–Kier alpha value is -0.0800. The highest BCUT2D eigenvalue weighted by Crippen LogP contribution is 2.08. The molecule has 12 heavy (non-hydrogen) atoms. The third kappa shape index (κ3) is 3.55. The van der Waals surface area contributed by atoms with Crippen LogP contribution in [0.5, 0.6) is 0 Å². The molecule has 0 aromatic carbocycles. The molecule has 1 rings (SSSR count). The highest BCUT2D eigenvalue weighted by molar-refractivity contribution is 4.65. The van der Waals surface area contributed by atoms with Crippen molar-refractivity contribution in [1.82, 2.24) is 4.90 Å². The fourth-order valence-electron chi connectivity index (χ4n) is 1.81. The predicted octanol–water partition coefficient (Wildman–Crippen LogP) is 1.75. The van der Waals surface area contributed by atoms with Crippen LogP contribution in [0.25, 0.3) is 0 Å². The molecule has 1 heterocycles. The highest BCUT2D eigenvalue weighted by atomic mass is 16.5. The average Bonchev–Trinajstić information content (AvgIpc) is 2.06. The summed E-state index contributed by atoms with van der Waals surface area (Å²) in [6.07, 6.45) is 2.67. The van der Waals surface area contributed by atoms with Gasteiger partial charge in [-0.1, -0.05) is 20.3 Å². The second-order valence-electron chi connectivity index (χ2n) is 3.81. The maximum atomic E-state index is 5.30.